The van der Waals surface area contributed by atoms with Crippen molar-refractivity contribution < 1.29 is 9.59 Å². The van der Waals surface area contributed by atoms with Crippen LogP contribution in [0, 0.1) is 0 Å². The number of anilines is 1. The molecule has 0 spiro atoms. The molecule has 1 fully saturated rings. The lowest BCUT2D eigenvalue weighted by molar-refractivity contribution is -0.118. The number of hydrogen-bond donors (Lipinski definition) is 2. The van der Waals surface area contributed by atoms with Gasteiger partial charge in [0.1, 0.15) is 0 Å². The van der Waals surface area contributed by atoms with Crippen molar-refractivity contribution in [3.8, 4) is 0 Å². The van der Waals surface area contributed by atoms with Gasteiger partial charge in [0.05, 0.1) is 5.75 Å². The number of rotatable bonds is 9. The van der Waals surface area contributed by atoms with Gasteiger partial charge in [-0.15, -0.1) is 10.2 Å². The van der Waals surface area contributed by atoms with Crippen LogP contribution >= 0.6 is 34.7 Å². The third-order valence-electron chi connectivity index (χ3n) is 4.67. The largest absolute Gasteiger partial charge is 0.354 e. The highest BCUT2D eigenvalue weighted by atomic mass is 35.5. The maximum atomic E-state index is 12.3. The van der Waals surface area contributed by atoms with Crippen LogP contribution in [0.15, 0.2) is 28.6 Å². The molecule has 0 radical (unpaired) electrons. The fourth-order valence-corrected chi connectivity index (χ4v) is 4.74. The number of aromatic nitrogens is 2. The zero-order valence-corrected chi connectivity index (χ0v) is 19.2. The molecule has 2 aromatic rings. The molecule has 0 atom stereocenters. The topological polar surface area (TPSA) is 90.5 Å². The summed E-state index contributed by atoms with van der Waals surface area (Å²) in [5.74, 6) is -0.157. The highest BCUT2D eigenvalue weighted by molar-refractivity contribution is 8.01. The number of amides is 2. The fourth-order valence-electron chi connectivity index (χ4n) is 2.97. The highest BCUT2D eigenvalue weighted by Gasteiger charge is 2.16. The molecule has 3 rings (SSSR count). The predicted molar refractivity (Wildman–Crippen MR) is 122 cm³/mol. The Morgan fingerprint density at radius 3 is 2.70 bits per heavy atom. The third-order valence-corrected chi connectivity index (χ3v) is 6.96. The number of hydrogen-bond acceptors (Lipinski definition) is 8. The number of nitrogens with one attached hydrogen (secondary N) is 2. The molecule has 1 aromatic heterocycles. The molecule has 0 aliphatic carbocycles. The number of nitrogens with zero attached hydrogens (tertiary/aromatic N) is 4. The van der Waals surface area contributed by atoms with Crippen molar-refractivity contribution in [3.05, 3.63) is 34.3 Å². The van der Waals surface area contributed by atoms with Crippen LogP contribution in [0.2, 0.25) is 5.02 Å². The summed E-state index contributed by atoms with van der Waals surface area (Å²) in [4.78, 5) is 29.1. The Morgan fingerprint density at radius 2 is 1.97 bits per heavy atom. The molecular weight excluding hydrogens is 444 g/mol. The lowest BCUT2D eigenvalue weighted by Gasteiger charge is -2.33. The molecule has 0 bridgehead atoms. The monoisotopic (exact) mass is 468 g/mol. The van der Waals surface area contributed by atoms with Gasteiger partial charge in [-0.05, 0) is 24.7 Å². The molecule has 2 amide bonds. The van der Waals surface area contributed by atoms with Crippen molar-refractivity contribution in [3.63, 3.8) is 0 Å². The first-order valence-electron chi connectivity index (χ1n) is 9.78. The standard InChI is InChI=1S/C19H25ClN6O2S2/c1-2-25-8-10-26(11-9-25)7-6-21-16(27)13-29-19-24-23-18(30-19)17(28)22-15-5-3-4-14(20)12-15/h3-5,12H,2,6-11,13H2,1H3,(H,21,27)(H,22,28). The molecule has 2 N–H and O–H groups in total. The molecule has 11 heteroatoms. The molecule has 30 heavy (non-hydrogen) atoms. The van der Waals surface area contributed by atoms with Gasteiger partial charge in [-0.2, -0.15) is 0 Å². The first-order chi connectivity index (χ1) is 14.5. The normalized spacial score (nSPS) is 15.1. The molecule has 2 heterocycles. The second-order valence-corrected chi connectivity index (χ2v) is 9.39. The zero-order chi connectivity index (χ0) is 21.3. The fraction of sp³-hybridized carbons (Fsp3) is 0.474. The maximum Gasteiger partial charge on any atom is 0.286 e. The van der Waals surface area contributed by atoms with Crippen molar-refractivity contribution in [2.24, 2.45) is 0 Å². The van der Waals surface area contributed by atoms with Crippen LogP contribution in [0.5, 0.6) is 0 Å². The van der Waals surface area contributed by atoms with Crippen LogP contribution in [-0.4, -0.2) is 83.4 Å². The summed E-state index contributed by atoms with van der Waals surface area (Å²) in [7, 11) is 0. The first-order valence-corrected chi connectivity index (χ1v) is 12.0. The number of carbonyl (C=O) groups excluding carboxylic acids is 2. The first kappa shape index (κ1) is 23.0. The summed E-state index contributed by atoms with van der Waals surface area (Å²) in [6.45, 7) is 9.04. The summed E-state index contributed by atoms with van der Waals surface area (Å²) < 4.78 is 0.581. The summed E-state index contributed by atoms with van der Waals surface area (Å²) in [6.07, 6.45) is 0. The van der Waals surface area contributed by atoms with Crippen LogP contribution in [0.3, 0.4) is 0 Å². The van der Waals surface area contributed by atoms with E-state index in [1.165, 1.54) is 11.8 Å². The van der Waals surface area contributed by atoms with Gasteiger partial charge in [0.15, 0.2) is 4.34 Å². The lowest BCUT2D eigenvalue weighted by Crippen LogP contribution is -2.48. The molecule has 1 saturated heterocycles. The van der Waals surface area contributed by atoms with Gasteiger partial charge in [0, 0.05) is 50.0 Å². The summed E-state index contributed by atoms with van der Waals surface area (Å²) in [5.41, 5.74) is 0.590. The quantitative estimate of drug-likeness (QED) is 0.545. The molecule has 1 aliphatic heterocycles. The predicted octanol–water partition coefficient (Wildman–Crippen LogP) is 2.29. The number of benzene rings is 1. The summed E-state index contributed by atoms with van der Waals surface area (Å²) in [6, 6.07) is 6.89. The van der Waals surface area contributed by atoms with E-state index in [0.717, 1.165) is 50.6 Å². The molecule has 162 valence electrons. The van der Waals surface area contributed by atoms with Crippen molar-refractivity contribution in [1.82, 2.24) is 25.3 Å². The van der Waals surface area contributed by atoms with Crippen molar-refractivity contribution in [2.45, 2.75) is 11.3 Å². The SMILES string of the molecule is CCN1CCN(CCNC(=O)CSc2nnc(C(=O)Nc3cccc(Cl)c3)s2)CC1. The van der Waals surface area contributed by atoms with Gasteiger partial charge in [-0.1, -0.05) is 47.7 Å². The molecular formula is C19H25ClN6O2S2. The Hall–Kier alpha value is -1.72. The smallest absolute Gasteiger partial charge is 0.286 e. The second-order valence-electron chi connectivity index (χ2n) is 6.75. The number of thioether (sulfide) groups is 1. The lowest BCUT2D eigenvalue weighted by atomic mass is 10.3. The van der Waals surface area contributed by atoms with Gasteiger partial charge >= 0.3 is 0 Å². The minimum Gasteiger partial charge on any atom is -0.354 e. The van der Waals surface area contributed by atoms with Crippen LogP contribution in [0.1, 0.15) is 16.7 Å². The van der Waals surface area contributed by atoms with Crippen LogP contribution in [-0.2, 0) is 4.79 Å². The number of halogens is 1. The highest BCUT2D eigenvalue weighted by Crippen LogP contribution is 2.23. The van der Waals surface area contributed by atoms with Crippen LogP contribution < -0.4 is 10.6 Å². The van der Waals surface area contributed by atoms with Crippen molar-refractivity contribution in [2.75, 3.05) is 56.9 Å². The Bertz CT molecular complexity index is 857. The Labute approximate surface area is 189 Å². The van der Waals surface area contributed by atoms with Gasteiger partial charge < -0.3 is 15.5 Å². The van der Waals surface area contributed by atoms with Gasteiger partial charge in [0.25, 0.3) is 5.91 Å². The summed E-state index contributed by atoms with van der Waals surface area (Å²) >= 11 is 8.35. The van der Waals surface area contributed by atoms with E-state index in [2.05, 4.69) is 37.6 Å². The minimum atomic E-state index is -0.353. The minimum absolute atomic E-state index is 0.0488. The van der Waals surface area contributed by atoms with Gasteiger partial charge in [0.2, 0.25) is 10.9 Å². The Balaban J connectivity index is 1.35. The average molecular weight is 469 g/mol. The molecule has 0 saturated carbocycles. The third kappa shape index (κ3) is 7.21. The second kappa shape index (κ2) is 11.6. The maximum absolute atomic E-state index is 12.3. The van der Waals surface area contributed by atoms with E-state index < -0.39 is 0 Å². The average Bonchev–Trinajstić information content (AvgIpc) is 3.22. The molecule has 1 aliphatic rings. The Morgan fingerprint density at radius 1 is 1.20 bits per heavy atom. The van der Waals surface area contributed by atoms with Gasteiger partial charge in [-0.25, -0.2) is 0 Å². The van der Waals surface area contributed by atoms with E-state index in [0.29, 0.717) is 21.6 Å². The van der Waals surface area contributed by atoms with E-state index in [1.807, 2.05) is 0 Å². The van der Waals surface area contributed by atoms with E-state index in [4.69, 9.17) is 11.6 Å². The number of piperazine rings is 1. The van der Waals surface area contributed by atoms with E-state index in [1.54, 1.807) is 24.3 Å². The van der Waals surface area contributed by atoms with Crippen molar-refractivity contribution in [1.29, 1.82) is 0 Å². The number of likely N-dealkylation sites (N-methyl/N-ethyl adjacent to an activating group) is 1. The van der Waals surface area contributed by atoms with E-state index >= 15 is 0 Å². The molecule has 1 aromatic carbocycles. The molecule has 8 nitrogen and oxygen atoms in total. The van der Waals surface area contributed by atoms with E-state index in [-0.39, 0.29) is 22.6 Å². The Kier molecular flexibility index (Phi) is 8.88. The van der Waals surface area contributed by atoms with E-state index in [9.17, 15) is 9.59 Å². The van der Waals surface area contributed by atoms with Crippen LogP contribution in [0.25, 0.3) is 0 Å². The van der Waals surface area contributed by atoms with Gasteiger partial charge in [-0.3, -0.25) is 14.5 Å². The number of carbonyl (C=O) groups is 2. The zero-order valence-electron chi connectivity index (χ0n) is 16.8. The molecule has 0 unspecified atom stereocenters. The van der Waals surface area contributed by atoms with Crippen LogP contribution in [0.4, 0.5) is 5.69 Å². The summed E-state index contributed by atoms with van der Waals surface area (Å²) in [5, 5.41) is 14.3. The van der Waals surface area contributed by atoms with Crippen molar-refractivity contribution >= 4 is 52.2 Å².